The van der Waals surface area contributed by atoms with Gasteiger partial charge < -0.3 is 25.2 Å². The Kier molecular flexibility index (Phi) is 11.0. The van der Waals surface area contributed by atoms with Crippen molar-refractivity contribution in [2.75, 3.05) is 56.1 Å². The molecule has 39 heavy (non-hydrogen) atoms. The fraction of sp³-hybridized carbons (Fsp3) is 0.552. The minimum atomic E-state index is 0.0733. The van der Waals surface area contributed by atoms with Crippen molar-refractivity contribution in [3.05, 3.63) is 48.3 Å². The van der Waals surface area contributed by atoms with Crippen molar-refractivity contribution < 1.29 is 9.53 Å². The summed E-state index contributed by atoms with van der Waals surface area (Å²) in [4.78, 5) is 17.4. The summed E-state index contributed by atoms with van der Waals surface area (Å²) in [6.45, 7) is 13.2. The normalized spacial score (nSPS) is 14.1. The number of anilines is 2. The Bertz CT molecular complexity index is 1130. The van der Waals surface area contributed by atoms with Gasteiger partial charge in [0.15, 0.2) is 0 Å². The predicted molar refractivity (Wildman–Crippen MR) is 159 cm³/mol. The highest BCUT2D eigenvalue weighted by atomic mass is 32.1. The van der Waals surface area contributed by atoms with E-state index in [1.54, 1.807) is 11.3 Å². The zero-order valence-corrected chi connectivity index (χ0v) is 24.4. The van der Waals surface area contributed by atoms with E-state index in [-0.39, 0.29) is 11.8 Å². The summed E-state index contributed by atoms with van der Waals surface area (Å²) in [5, 5.41) is 17.4. The smallest absolute Gasteiger partial charge is 0.223 e. The van der Waals surface area contributed by atoms with Gasteiger partial charge >= 0.3 is 0 Å². The van der Waals surface area contributed by atoms with Crippen molar-refractivity contribution in [3.63, 3.8) is 0 Å². The van der Waals surface area contributed by atoms with Crippen molar-refractivity contribution in [2.45, 2.75) is 53.0 Å². The van der Waals surface area contributed by atoms with E-state index in [1.807, 2.05) is 43.5 Å². The van der Waals surface area contributed by atoms with Gasteiger partial charge in [-0.2, -0.15) is 0 Å². The third-order valence-electron chi connectivity index (χ3n) is 7.03. The number of aromatic nitrogens is 3. The number of nitrogens with one attached hydrogen (secondary N) is 2. The first-order valence-electron chi connectivity index (χ1n) is 14.3. The third kappa shape index (κ3) is 8.19. The molecule has 1 fully saturated rings. The first-order chi connectivity index (χ1) is 19.1. The molecule has 1 aromatic carbocycles. The van der Waals surface area contributed by atoms with E-state index in [9.17, 15) is 4.79 Å². The zero-order valence-electron chi connectivity index (χ0n) is 23.6. The lowest BCUT2D eigenvalue weighted by Crippen LogP contribution is -2.42. The monoisotopic (exact) mass is 553 g/mol. The van der Waals surface area contributed by atoms with E-state index in [0.717, 1.165) is 92.3 Å². The van der Waals surface area contributed by atoms with E-state index in [1.165, 1.54) is 0 Å². The number of rotatable bonds is 15. The lowest BCUT2D eigenvalue weighted by molar-refractivity contribution is -0.125. The first-order valence-corrected chi connectivity index (χ1v) is 15.1. The number of nitrogens with zero attached hydrogens (tertiary/aromatic N) is 5. The van der Waals surface area contributed by atoms with Crippen molar-refractivity contribution in [3.8, 4) is 10.9 Å². The van der Waals surface area contributed by atoms with Gasteiger partial charge in [-0.3, -0.25) is 9.36 Å². The fourth-order valence-corrected chi connectivity index (χ4v) is 5.91. The van der Waals surface area contributed by atoms with E-state index in [0.29, 0.717) is 13.2 Å². The first kappa shape index (κ1) is 28.9. The number of amides is 1. The maximum Gasteiger partial charge on any atom is 0.223 e. The van der Waals surface area contributed by atoms with Gasteiger partial charge in [0.05, 0.1) is 13.2 Å². The molecule has 4 rings (SSSR count). The summed E-state index contributed by atoms with van der Waals surface area (Å²) in [6, 6.07) is 12.1. The molecule has 2 N–H and O–H groups in total. The number of ether oxygens (including phenoxy) is 1. The average molecular weight is 554 g/mol. The van der Waals surface area contributed by atoms with E-state index in [2.05, 4.69) is 55.1 Å². The van der Waals surface area contributed by atoms with Crippen LogP contribution in [-0.2, 0) is 11.3 Å². The molecule has 0 atom stereocenters. The molecule has 1 aliphatic rings. The molecule has 212 valence electrons. The predicted octanol–water partition coefficient (Wildman–Crippen LogP) is 4.79. The summed E-state index contributed by atoms with van der Waals surface area (Å²) in [6.07, 6.45) is 6.00. The lowest BCUT2D eigenvalue weighted by Gasteiger charge is -2.31. The molecule has 0 radical (unpaired) electrons. The molecule has 0 unspecified atom stereocenters. The molecule has 10 heteroatoms. The second-order valence-corrected chi connectivity index (χ2v) is 10.9. The van der Waals surface area contributed by atoms with Crippen LogP contribution in [0.1, 0.15) is 52.1 Å². The highest BCUT2D eigenvalue weighted by Crippen LogP contribution is 2.29. The SMILES string of the molecule is CCCN(CCC)CCNC(=O)C1CCN(c2nnc(-n3cccc3CNc3ccc(OCC)cc3)s2)CC1. The third-order valence-corrected chi connectivity index (χ3v) is 8.01. The molecule has 3 aromatic rings. The van der Waals surface area contributed by atoms with Gasteiger partial charge in [-0.1, -0.05) is 25.2 Å². The Morgan fingerprint density at radius 2 is 1.74 bits per heavy atom. The average Bonchev–Trinajstić information content (AvgIpc) is 3.63. The van der Waals surface area contributed by atoms with Crippen LogP contribution in [0.2, 0.25) is 0 Å². The van der Waals surface area contributed by atoms with Crippen LogP contribution in [0.5, 0.6) is 5.75 Å². The standard InChI is InChI=1S/C29H43N7O2S/c1-4-16-34(17-5-2)21-15-30-27(37)23-13-19-35(20-14-23)28-32-33-29(39-28)36-18-7-8-25(36)22-31-24-9-11-26(12-10-24)38-6-3/h7-12,18,23,31H,4-6,13-17,19-22H2,1-3H3,(H,30,37). The van der Waals surface area contributed by atoms with Crippen LogP contribution in [0.15, 0.2) is 42.6 Å². The molecule has 1 aliphatic heterocycles. The van der Waals surface area contributed by atoms with Gasteiger partial charge in [-0.25, -0.2) is 0 Å². The number of hydrogen-bond donors (Lipinski definition) is 2. The molecule has 0 aliphatic carbocycles. The Morgan fingerprint density at radius 3 is 2.44 bits per heavy atom. The molecule has 0 bridgehead atoms. The quantitative estimate of drug-likeness (QED) is 0.280. The number of carbonyl (C=O) groups excluding carboxylic acids is 1. The van der Waals surface area contributed by atoms with Crippen molar-refractivity contribution in [1.29, 1.82) is 0 Å². The number of piperidine rings is 1. The van der Waals surface area contributed by atoms with Crippen molar-refractivity contribution in [1.82, 2.24) is 25.0 Å². The molecule has 0 spiro atoms. The van der Waals surface area contributed by atoms with Crippen LogP contribution in [0, 0.1) is 5.92 Å². The summed E-state index contributed by atoms with van der Waals surface area (Å²) >= 11 is 1.59. The highest BCUT2D eigenvalue weighted by Gasteiger charge is 2.27. The second kappa shape index (κ2) is 14.9. The minimum absolute atomic E-state index is 0.0733. The molecule has 9 nitrogen and oxygen atoms in total. The molecular weight excluding hydrogens is 510 g/mol. The highest BCUT2D eigenvalue weighted by molar-refractivity contribution is 7.17. The molecule has 1 amide bonds. The van der Waals surface area contributed by atoms with E-state index < -0.39 is 0 Å². The fourth-order valence-electron chi connectivity index (χ4n) is 4.99. The van der Waals surface area contributed by atoms with Gasteiger partial charge in [-0.15, -0.1) is 10.2 Å². The number of carbonyl (C=O) groups is 1. The topological polar surface area (TPSA) is 87.6 Å². The molecule has 0 saturated carbocycles. The van der Waals surface area contributed by atoms with Crippen LogP contribution in [0.25, 0.3) is 5.13 Å². The van der Waals surface area contributed by atoms with Crippen LogP contribution >= 0.6 is 11.3 Å². The lowest BCUT2D eigenvalue weighted by atomic mass is 9.96. The molecule has 3 heterocycles. The van der Waals surface area contributed by atoms with Crippen molar-refractivity contribution in [2.24, 2.45) is 5.92 Å². The Balaban J connectivity index is 1.25. The van der Waals surface area contributed by atoms with Gasteiger partial charge in [0.2, 0.25) is 16.2 Å². The summed E-state index contributed by atoms with van der Waals surface area (Å²) in [7, 11) is 0. The summed E-state index contributed by atoms with van der Waals surface area (Å²) in [5.41, 5.74) is 2.15. The Labute approximate surface area is 236 Å². The summed E-state index contributed by atoms with van der Waals surface area (Å²) < 4.78 is 7.61. The number of hydrogen-bond acceptors (Lipinski definition) is 8. The van der Waals surface area contributed by atoms with Gasteiger partial charge in [-0.05, 0) is 82.1 Å². The molecule has 2 aromatic heterocycles. The van der Waals surface area contributed by atoms with Crippen LogP contribution in [-0.4, -0.2) is 71.4 Å². The van der Waals surface area contributed by atoms with Crippen LogP contribution < -0.4 is 20.3 Å². The molecular formula is C29H43N7O2S. The van der Waals surface area contributed by atoms with Crippen molar-refractivity contribution >= 4 is 28.1 Å². The zero-order chi connectivity index (χ0) is 27.5. The van der Waals surface area contributed by atoms with E-state index >= 15 is 0 Å². The van der Waals surface area contributed by atoms with Crippen LogP contribution in [0.4, 0.5) is 10.8 Å². The number of benzene rings is 1. The van der Waals surface area contributed by atoms with Gasteiger partial charge in [0.1, 0.15) is 5.75 Å². The molecule has 1 saturated heterocycles. The largest absolute Gasteiger partial charge is 0.494 e. The van der Waals surface area contributed by atoms with Gasteiger partial charge in [0.25, 0.3) is 0 Å². The second-order valence-electron chi connectivity index (χ2n) is 9.94. The van der Waals surface area contributed by atoms with E-state index in [4.69, 9.17) is 4.74 Å². The Morgan fingerprint density at radius 1 is 1.03 bits per heavy atom. The van der Waals surface area contributed by atoms with Gasteiger partial charge in [0, 0.05) is 49.7 Å². The maximum absolute atomic E-state index is 12.8. The summed E-state index contributed by atoms with van der Waals surface area (Å²) in [5.74, 6) is 1.14. The minimum Gasteiger partial charge on any atom is -0.494 e. The Hall–Kier alpha value is -3.11. The maximum atomic E-state index is 12.8. The van der Waals surface area contributed by atoms with Crippen LogP contribution in [0.3, 0.4) is 0 Å².